The van der Waals surface area contributed by atoms with Gasteiger partial charge in [0.2, 0.25) is 5.82 Å². The van der Waals surface area contributed by atoms with Gasteiger partial charge in [-0.15, -0.1) is 0 Å². The number of nitro groups is 1. The van der Waals surface area contributed by atoms with Crippen LogP contribution in [0.25, 0.3) is 0 Å². The first kappa shape index (κ1) is 20.8. The summed E-state index contributed by atoms with van der Waals surface area (Å²) in [5.41, 5.74) is 0.637. The minimum Gasteiger partial charge on any atom is -0.497 e. The highest BCUT2D eigenvalue weighted by molar-refractivity contribution is 5.67. The van der Waals surface area contributed by atoms with Crippen LogP contribution in [-0.4, -0.2) is 33.9 Å². The molecule has 1 aromatic carbocycles. The number of rotatable bonds is 9. The van der Waals surface area contributed by atoms with E-state index in [9.17, 15) is 18.9 Å². The van der Waals surface area contributed by atoms with Crippen LogP contribution in [-0.2, 0) is 6.54 Å². The maximum absolute atomic E-state index is 12.7. The predicted octanol–water partition coefficient (Wildman–Crippen LogP) is 3.95. The second-order valence-corrected chi connectivity index (χ2v) is 5.96. The molecule has 10 nitrogen and oxygen atoms in total. The molecule has 0 bridgehead atoms. The highest BCUT2D eigenvalue weighted by Gasteiger charge is 2.18. The van der Waals surface area contributed by atoms with Crippen LogP contribution >= 0.6 is 0 Å². The lowest BCUT2D eigenvalue weighted by Gasteiger charge is -2.12. The fourth-order valence-electron chi connectivity index (χ4n) is 2.62. The van der Waals surface area contributed by atoms with Crippen LogP contribution in [0.1, 0.15) is 12.1 Å². The average molecular weight is 420 g/mol. The third-order valence-electron chi connectivity index (χ3n) is 4.09. The van der Waals surface area contributed by atoms with Crippen LogP contribution in [0.2, 0.25) is 0 Å². The van der Waals surface area contributed by atoms with Crippen LogP contribution in [0.3, 0.4) is 0 Å². The number of alkyl halides is 2. The summed E-state index contributed by atoms with van der Waals surface area (Å²) in [6.07, 6.45) is 2.15. The van der Waals surface area contributed by atoms with Gasteiger partial charge in [-0.3, -0.25) is 10.1 Å². The molecule has 158 valence electrons. The fraction of sp³-hybridized carbons (Fsp3) is 0.222. The highest BCUT2D eigenvalue weighted by Crippen LogP contribution is 2.29. The Morgan fingerprint density at radius 2 is 2.03 bits per heavy atom. The second kappa shape index (κ2) is 9.03. The lowest BCUT2D eigenvalue weighted by atomic mass is 10.2. The Labute approximate surface area is 169 Å². The molecule has 0 spiro atoms. The summed E-state index contributed by atoms with van der Waals surface area (Å²) in [6, 6.07) is 8.03. The zero-order valence-electron chi connectivity index (χ0n) is 16.0. The molecule has 0 aliphatic heterocycles. The monoisotopic (exact) mass is 420 g/mol. The molecule has 30 heavy (non-hydrogen) atoms. The summed E-state index contributed by atoms with van der Waals surface area (Å²) in [4.78, 5) is 14.9. The predicted molar refractivity (Wildman–Crippen MR) is 105 cm³/mol. The number of pyridine rings is 1. The number of anilines is 3. The number of halogens is 2. The third-order valence-corrected chi connectivity index (χ3v) is 4.09. The molecule has 0 aliphatic rings. The van der Waals surface area contributed by atoms with Crippen LogP contribution in [0.4, 0.5) is 31.8 Å². The molecular weight excluding hydrogens is 402 g/mol. The quantitative estimate of drug-likeness (QED) is 0.395. The largest absolute Gasteiger partial charge is 0.497 e. The number of methoxy groups -OCH3 is 2. The van der Waals surface area contributed by atoms with Gasteiger partial charge in [-0.2, -0.15) is 13.9 Å². The third kappa shape index (κ3) is 4.71. The standard InChI is InChI=1S/C18H18F2N6O4/c1-29-13-4-3-11(15(7-13)30-2)8-21-16-6-5-14(26(27)28)17(24-16)23-12-9-22-25(10-12)18(19)20/h3-7,9-10,18H,8H2,1-2H3,(H2,21,23,24). The second-order valence-electron chi connectivity index (χ2n) is 5.96. The summed E-state index contributed by atoms with van der Waals surface area (Å²) >= 11 is 0. The highest BCUT2D eigenvalue weighted by atomic mass is 19.3. The van der Waals surface area contributed by atoms with Crippen LogP contribution < -0.4 is 20.1 Å². The van der Waals surface area contributed by atoms with Gasteiger partial charge in [0.15, 0.2) is 0 Å². The van der Waals surface area contributed by atoms with Crippen molar-refractivity contribution in [2.75, 3.05) is 24.9 Å². The molecule has 12 heteroatoms. The summed E-state index contributed by atoms with van der Waals surface area (Å²) in [7, 11) is 3.08. The minimum absolute atomic E-state index is 0.111. The number of nitrogens with zero attached hydrogens (tertiary/aromatic N) is 4. The molecule has 0 amide bonds. The van der Waals surface area contributed by atoms with E-state index in [-0.39, 0.29) is 17.2 Å². The van der Waals surface area contributed by atoms with Crippen molar-refractivity contribution in [2.45, 2.75) is 13.1 Å². The van der Waals surface area contributed by atoms with Gasteiger partial charge in [0.25, 0.3) is 0 Å². The molecule has 0 atom stereocenters. The van der Waals surface area contributed by atoms with Crippen LogP contribution in [0.15, 0.2) is 42.7 Å². The van der Waals surface area contributed by atoms with Crippen LogP contribution in [0.5, 0.6) is 11.5 Å². The zero-order valence-corrected chi connectivity index (χ0v) is 16.0. The molecule has 0 saturated heterocycles. The Hall–Kier alpha value is -3.96. The summed E-state index contributed by atoms with van der Waals surface area (Å²) in [5, 5.41) is 20.5. The zero-order chi connectivity index (χ0) is 21.7. The van der Waals surface area contributed by atoms with E-state index < -0.39 is 11.5 Å². The number of benzene rings is 1. The molecule has 2 aromatic heterocycles. The first-order valence-electron chi connectivity index (χ1n) is 8.60. The van der Waals surface area contributed by atoms with E-state index in [4.69, 9.17) is 9.47 Å². The van der Waals surface area contributed by atoms with Gasteiger partial charge >= 0.3 is 12.2 Å². The number of aromatic nitrogens is 3. The molecule has 2 heterocycles. The Bertz CT molecular complexity index is 1040. The molecule has 0 aliphatic carbocycles. The topological polar surface area (TPSA) is 116 Å². The van der Waals surface area contributed by atoms with Gasteiger partial charge < -0.3 is 20.1 Å². The number of hydrogen-bond acceptors (Lipinski definition) is 8. The van der Waals surface area contributed by atoms with Gasteiger partial charge in [-0.1, -0.05) is 0 Å². The van der Waals surface area contributed by atoms with Gasteiger partial charge in [-0.25, -0.2) is 9.67 Å². The lowest BCUT2D eigenvalue weighted by molar-refractivity contribution is -0.384. The first-order chi connectivity index (χ1) is 14.4. The van der Waals surface area contributed by atoms with Gasteiger partial charge in [0.1, 0.15) is 17.3 Å². The Balaban J connectivity index is 1.81. The number of hydrogen-bond donors (Lipinski definition) is 2. The Morgan fingerprint density at radius 3 is 2.67 bits per heavy atom. The Morgan fingerprint density at radius 1 is 1.23 bits per heavy atom. The minimum atomic E-state index is -2.82. The van der Waals surface area contributed by atoms with E-state index in [2.05, 4.69) is 20.7 Å². The maximum Gasteiger partial charge on any atom is 0.333 e. The normalized spacial score (nSPS) is 10.7. The first-order valence-corrected chi connectivity index (χ1v) is 8.60. The van der Waals surface area contributed by atoms with Crippen molar-refractivity contribution in [1.82, 2.24) is 14.8 Å². The van der Waals surface area contributed by atoms with Crippen molar-refractivity contribution < 1.29 is 23.2 Å². The van der Waals surface area contributed by atoms with Crippen molar-refractivity contribution in [2.24, 2.45) is 0 Å². The fourth-order valence-corrected chi connectivity index (χ4v) is 2.62. The summed E-state index contributed by atoms with van der Waals surface area (Å²) < 4.78 is 36.3. The van der Waals surface area contributed by atoms with Gasteiger partial charge in [-0.05, 0) is 18.2 Å². The number of nitrogens with one attached hydrogen (secondary N) is 2. The van der Waals surface area contributed by atoms with Crippen molar-refractivity contribution in [1.29, 1.82) is 0 Å². The van der Waals surface area contributed by atoms with Crippen molar-refractivity contribution in [3.63, 3.8) is 0 Å². The average Bonchev–Trinajstić information content (AvgIpc) is 3.21. The molecule has 0 fully saturated rings. The van der Waals surface area contributed by atoms with E-state index in [0.717, 1.165) is 18.0 Å². The van der Waals surface area contributed by atoms with Crippen molar-refractivity contribution in [3.05, 3.63) is 58.4 Å². The van der Waals surface area contributed by atoms with E-state index in [0.29, 0.717) is 28.5 Å². The smallest absolute Gasteiger partial charge is 0.333 e. The molecule has 0 radical (unpaired) electrons. The molecule has 3 rings (SSSR count). The molecule has 2 N–H and O–H groups in total. The SMILES string of the molecule is COc1ccc(CNc2ccc([N+](=O)[O-])c(Nc3cnn(C(F)F)c3)n2)c(OC)c1. The molecule has 0 unspecified atom stereocenters. The van der Waals surface area contributed by atoms with Crippen molar-refractivity contribution >= 4 is 23.0 Å². The van der Waals surface area contributed by atoms with Gasteiger partial charge in [0, 0.05) is 24.2 Å². The van der Waals surface area contributed by atoms with Gasteiger partial charge in [0.05, 0.1) is 37.2 Å². The molecule has 3 aromatic rings. The van der Waals surface area contributed by atoms with E-state index >= 15 is 0 Å². The molecular formula is C18H18F2N6O4. The summed E-state index contributed by atoms with van der Waals surface area (Å²) in [6.45, 7) is -2.50. The van der Waals surface area contributed by atoms with E-state index in [1.54, 1.807) is 19.2 Å². The number of ether oxygens (including phenoxy) is 2. The van der Waals surface area contributed by atoms with E-state index in [1.807, 2.05) is 6.07 Å². The van der Waals surface area contributed by atoms with E-state index in [1.165, 1.54) is 19.2 Å². The molecule has 0 saturated carbocycles. The summed E-state index contributed by atoms with van der Waals surface area (Å²) in [5.74, 6) is 1.46. The Kier molecular flexibility index (Phi) is 6.25. The lowest BCUT2D eigenvalue weighted by Crippen LogP contribution is -2.06. The maximum atomic E-state index is 12.7. The van der Waals surface area contributed by atoms with Crippen molar-refractivity contribution in [3.8, 4) is 11.5 Å². The van der Waals surface area contributed by atoms with Crippen LogP contribution in [0, 0.1) is 10.1 Å².